The summed E-state index contributed by atoms with van der Waals surface area (Å²) < 4.78 is 110. The normalized spacial score (nSPS) is 11.4. The molecule has 5 rings (SSSR count). The largest absolute Gasteiger partial charge is 0.497 e. The lowest BCUT2D eigenvalue weighted by Gasteiger charge is -2.20. The van der Waals surface area contributed by atoms with Crippen LogP contribution in [0.2, 0.25) is 0 Å². The molecule has 0 aliphatic heterocycles. The van der Waals surface area contributed by atoms with Crippen molar-refractivity contribution in [3.63, 3.8) is 0 Å². The van der Waals surface area contributed by atoms with Crippen molar-refractivity contribution >= 4 is 21.5 Å². The molecule has 0 radical (unpaired) electrons. The minimum Gasteiger partial charge on any atom is -0.497 e. The van der Waals surface area contributed by atoms with Gasteiger partial charge < -0.3 is 4.74 Å². The summed E-state index contributed by atoms with van der Waals surface area (Å²) in [6.07, 6.45) is 0. The minimum atomic E-state index is -1.21. The van der Waals surface area contributed by atoms with E-state index in [9.17, 15) is 8.78 Å². The Labute approximate surface area is 194 Å². The number of ether oxygens (including phenoxy) is 1. The van der Waals surface area contributed by atoms with Gasteiger partial charge in [-0.05, 0) is 35.7 Å². The number of halogens is 7. The smallest absolute Gasteiger partial charge is 0.137 e. The van der Waals surface area contributed by atoms with Crippen molar-refractivity contribution in [3.8, 4) is 28.0 Å². The zero-order valence-corrected chi connectivity index (χ0v) is 17.8. The minimum absolute atomic E-state index is 0.155. The van der Waals surface area contributed by atoms with E-state index in [-0.39, 0.29) is 22.3 Å². The number of benzene rings is 5. The van der Waals surface area contributed by atoms with Gasteiger partial charge in [0.2, 0.25) is 0 Å². The first-order valence-electron chi connectivity index (χ1n) is 10.2. The Balaban J connectivity index is 2.11. The molecule has 0 fully saturated rings. The molecule has 0 unspecified atom stereocenters. The highest BCUT2D eigenvalue weighted by Gasteiger charge is 2.28. The lowest BCUT2D eigenvalue weighted by molar-refractivity contribution is 0.407. The molecule has 1 nitrogen and oxygen atoms in total. The molecule has 0 bridgehead atoms. The molecular formula is C27H13F7O. The van der Waals surface area contributed by atoms with E-state index in [2.05, 4.69) is 0 Å². The molecule has 0 heterocycles. The van der Waals surface area contributed by atoms with Crippen LogP contribution in [-0.4, -0.2) is 7.11 Å². The van der Waals surface area contributed by atoms with E-state index in [4.69, 9.17) is 4.74 Å². The molecule has 0 amide bonds. The summed E-state index contributed by atoms with van der Waals surface area (Å²) in [6.45, 7) is 0. The summed E-state index contributed by atoms with van der Waals surface area (Å²) in [4.78, 5) is 0. The second-order valence-electron chi connectivity index (χ2n) is 7.78. The monoisotopic (exact) mass is 486 g/mol. The Morgan fingerprint density at radius 3 is 1.71 bits per heavy atom. The standard InChI is InChI=1S/C27H13F7O/c1-35-13-10-20(33)24(21(34)11-13)27-23-15(3-2-4-16(23)29)22(14-6-5-12(28)9-19(14)32)25-17(30)7-8-18(31)26(25)27/h2-11H,1H3. The van der Waals surface area contributed by atoms with Crippen LogP contribution in [-0.2, 0) is 0 Å². The molecule has 0 atom stereocenters. The van der Waals surface area contributed by atoms with Crippen molar-refractivity contribution in [3.05, 3.63) is 101 Å². The maximum atomic E-state index is 15.3. The van der Waals surface area contributed by atoms with E-state index < -0.39 is 68.0 Å². The molecule has 8 heteroatoms. The van der Waals surface area contributed by atoms with Crippen LogP contribution in [0.3, 0.4) is 0 Å². The van der Waals surface area contributed by atoms with Gasteiger partial charge in [-0.15, -0.1) is 0 Å². The summed E-state index contributed by atoms with van der Waals surface area (Å²) in [5.74, 6) is -7.83. The molecule has 0 saturated carbocycles. The van der Waals surface area contributed by atoms with Crippen molar-refractivity contribution in [2.24, 2.45) is 0 Å². The van der Waals surface area contributed by atoms with Gasteiger partial charge in [0.05, 0.1) is 12.7 Å². The van der Waals surface area contributed by atoms with Crippen LogP contribution in [0.4, 0.5) is 30.7 Å². The number of fused-ring (bicyclic) bond motifs is 2. The van der Waals surface area contributed by atoms with Gasteiger partial charge in [0, 0.05) is 51.0 Å². The first-order chi connectivity index (χ1) is 16.7. The van der Waals surface area contributed by atoms with Gasteiger partial charge in [0.25, 0.3) is 0 Å². The molecule has 0 aliphatic rings. The Morgan fingerprint density at radius 2 is 1.11 bits per heavy atom. The summed E-state index contributed by atoms with van der Waals surface area (Å²) in [5, 5.41) is -1.83. The molecule has 0 spiro atoms. The quantitative estimate of drug-likeness (QED) is 0.184. The van der Waals surface area contributed by atoms with E-state index in [1.54, 1.807) is 0 Å². The third-order valence-corrected chi connectivity index (χ3v) is 5.84. The summed E-state index contributed by atoms with van der Waals surface area (Å²) in [7, 11) is 1.18. The maximum absolute atomic E-state index is 15.3. The van der Waals surface area contributed by atoms with Crippen molar-refractivity contribution in [1.82, 2.24) is 0 Å². The van der Waals surface area contributed by atoms with Crippen LogP contribution in [0.1, 0.15) is 0 Å². The van der Waals surface area contributed by atoms with Gasteiger partial charge >= 0.3 is 0 Å². The fraction of sp³-hybridized carbons (Fsp3) is 0.0370. The Morgan fingerprint density at radius 1 is 0.514 bits per heavy atom. The van der Waals surface area contributed by atoms with Crippen molar-refractivity contribution in [2.45, 2.75) is 0 Å². The Kier molecular flexibility index (Phi) is 5.39. The van der Waals surface area contributed by atoms with E-state index in [1.807, 2.05) is 0 Å². The number of hydrogen-bond donors (Lipinski definition) is 0. The average Bonchev–Trinajstić information content (AvgIpc) is 2.81. The van der Waals surface area contributed by atoms with Crippen LogP contribution >= 0.6 is 0 Å². The van der Waals surface area contributed by atoms with Crippen LogP contribution in [0.15, 0.2) is 60.7 Å². The zero-order chi connectivity index (χ0) is 25.0. The summed E-state index contributed by atoms with van der Waals surface area (Å²) in [5.41, 5.74) is -2.05. The Bertz CT molecular complexity index is 1640. The van der Waals surface area contributed by atoms with Gasteiger partial charge in [-0.25, -0.2) is 30.7 Å². The molecule has 176 valence electrons. The lowest BCUT2D eigenvalue weighted by Crippen LogP contribution is -2.01. The summed E-state index contributed by atoms with van der Waals surface area (Å²) >= 11 is 0. The van der Waals surface area contributed by atoms with Gasteiger partial charge in [-0.3, -0.25) is 0 Å². The van der Waals surface area contributed by atoms with E-state index in [0.29, 0.717) is 6.07 Å². The SMILES string of the molecule is COc1cc(F)c(-c2c3c(F)cccc3c(-c3ccc(F)cc3F)c3c(F)ccc(F)c23)c(F)c1. The number of methoxy groups -OCH3 is 1. The highest BCUT2D eigenvalue weighted by Crippen LogP contribution is 2.48. The topological polar surface area (TPSA) is 9.23 Å². The van der Waals surface area contributed by atoms with Crippen molar-refractivity contribution in [1.29, 1.82) is 0 Å². The molecule has 0 aromatic heterocycles. The zero-order valence-electron chi connectivity index (χ0n) is 17.8. The highest BCUT2D eigenvalue weighted by molar-refractivity contribution is 6.22. The van der Waals surface area contributed by atoms with Gasteiger partial charge in [-0.1, -0.05) is 12.1 Å². The van der Waals surface area contributed by atoms with Gasteiger partial charge in [0.15, 0.2) is 0 Å². The van der Waals surface area contributed by atoms with Crippen LogP contribution in [0.25, 0.3) is 43.8 Å². The van der Waals surface area contributed by atoms with Crippen LogP contribution in [0.5, 0.6) is 5.75 Å². The second kappa shape index (κ2) is 8.30. The average molecular weight is 486 g/mol. The fourth-order valence-corrected chi connectivity index (χ4v) is 4.42. The molecule has 5 aromatic carbocycles. The third-order valence-electron chi connectivity index (χ3n) is 5.84. The molecule has 0 N–H and O–H groups in total. The van der Waals surface area contributed by atoms with Gasteiger partial charge in [0.1, 0.15) is 46.5 Å². The number of hydrogen-bond acceptors (Lipinski definition) is 1. The maximum Gasteiger partial charge on any atom is 0.137 e. The second-order valence-corrected chi connectivity index (χ2v) is 7.78. The number of rotatable bonds is 3. The predicted octanol–water partition coefficient (Wildman–Crippen LogP) is 8.31. The molecule has 0 saturated heterocycles. The predicted molar refractivity (Wildman–Crippen MR) is 119 cm³/mol. The third kappa shape index (κ3) is 3.48. The highest BCUT2D eigenvalue weighted by atomic mass is 19.2. The van der Waals surface area contributed by atoms with E-state index in [1.165, 1.54) is 19.2 Å². The first-order valence-corrected chi connectivity index (χ1v) is 10.2. The molecule has 5 aromatic rings. The van der Waals surface area contributed by atoms with Crippen LogP contribution < -0.4 is 4.74 Å². The molecule has 35 heavy (non-hydrogen) atoms. The summed E-state index contributed by atoms with van der Waals surface area (Å²) in [6, 6.07) is 9.06. The molecule has 0 aliphatic carbocycles. The van der Waals surface area contributed by atoms with Crippen LogP contribution in [0, 0.1) is 40.7 Å². The Hall–Kier alpha value is -4.07. The molecular weight excluding hydrogens is 473 g/mol. The van der Waals surface area contributed by atoms with E-state index in [0.717, 1.165) is 42.5 Å². The van der Waals surface area contributed by atoms with E-state index >= 15 is 22.0 Å². The first kappa shape index (κ1) is 22.7. The lowest BCUT2D eigenvalue weighted by atomic mass is 9.84. The van der Waals surface area contributed by atoms with Crippen molar-refractivity contribution in [2.75, 3.05) is 7.11 Å². The fourth-order valence-electron chi connectivity index (χ4n) is 4.42. The van der Waals surface area contributed by atoms with Crippen molar-refractivity contribution < 1.29 is 35.5 Å². The van der Waals surface area contributed by atoms with Gasteiger partial charge in [-0.2, -0.15) is 0 Å².